The summed E-state index contributed by atoms with van der Waals surface area (Å²) < 4.78 is 14.2. The third-order valence-corrected chi connectivity index (χ3v) is 5.91. The number of aliphatic hydroxyl groups excluding tert-OH is 1. The molecule has 3 N–H and O–H groups in total. The van der Waals surface area contributed by atoms with Gasteiger partial charge in [-0.25, -0.2) is 4.39 Å². The third-order valence-electron chi connectivity index (χ3n) is 5.91. The summed E-state index contributed by atoms with van der Waals surface area (Å²) >= 11 is 0. The summed E-state index contributed by atoms with van der Waals surface area (Å²) in [6.45, 7) is 12.5. The molecule has 0 saturated carbocycles. The summed E-state index contributed by atoms with van der Waals surface area (Å²) in [5.74, 6) is -0.157. The van der Waals surface area contributed by atoms with Crippen molar-refractivity contribution in [1.82, 2.24) is 10.3 Å². The maximum Gasteiger partial charge on any atom is 0.147 e. The van der Waals surface area contributed by atoms with E-state index in [1.165, 1.54) is 6.07 Å². The van der Waals surface area contributed by atoms with Crippen molar-refractivity contribution in [3.8, 4) is 11.1 Å². The highest BCUT2D eigenvalue weighted by molar-refractivity contribution is 5.88. The van der Waals surface area contributed by atoms with E-state index in [4.69, 9.17) is 0 Å². The number of benzene rings is 3. The second-order valence-electron chi connectivity index (χ2n) is 8.10. The molecule has 0 atom stereocenters. The molecule has 32 heavy (non-hydrogen) atoms. The number of aliphatic hydroxyl groups is 1. The van der Waals surface area contributed by atoms with Crippen LogP contribution in [-0.2, 0) is 6.42 Å². The van der Waals surface area contributed by atoms with Crippen molar-refractivity contribution in [3.05, 3.63) is 108 Å². The van der Waals surface area contributed by atoms with Gasteiger partial charge in [-0.3, -0.25) is 0 Å². The molecule has 0 fully saturated rings. The van der Waals surface area contributed by atoms with Crippen molar-refractivity contribution in [2.24, 2.45) is 0 Å². The average molecular weight is 427 g/mol. The fourth-order valence-electron chi connectivity index (χ4n) is 4.14. The van der Waals surface area contributed by atoms with Crippen molar-refractivity contribution < 1.29 is 9.50 Å². The number of fused-ring (bicyclic) bond motifs is 1. The van der Waals surface area contributed by atoms with Gasteiger partial charge in [-0.05, 0) is 60.2 Å². The summed E-state index contributed by atoms with van der Waals surface area (Å²) in [5.41, 5.74) is 8.42. The van der Waals surface area contributed by atoms with Crippen molar-refractivity contribution in [3.63, 3.8) is 0 Å². The van der Waals surface area contributed by atoms with Gasteiger partial charge in [0.2, 0.25) is 0 Å². The Bertz CT molecular complexity index is 1320. The van der Waals surface area contributed by atoms with Gasteiger partial charge in [-0.2, -0.15) is 0 Å². The van der Waals surface area contributed by atoms with Crippen LogP contribution < -0.4 is 5.32 Å². The second-order valence-corrected chi connectivity index (χ2v) is 8.10. The number of hydrogen-bond donors (Lipinski definition) is 3. The zero-order valence-electron chi connectivity index (χ0n) is 18.4. The van der Waals surface area contributed by atoms with E-state index in [9.17, 15) is 9.50 Å². The molecule has 162 valence electrons. The van der Waals surface area contributed by atoms with Gasteiger partial charge >= 0.3 is 0 Å². The highest BCUT2D eigenvalue weighted by Gasteiger charge is 2.13. The zero-order valence-corrected chi connectivity index (χ0v) is 18.4. The Kier molecular flexibility index (Phi) is 5.87. The van der Waals surface area contributed by atoms with E-state index >= 15 is 0 Å². The highest BCUT2D eigenvalue weighted by Crippen LogP contribution is 2.28. The topological polar surface area (TPSA) is 48.0 Å². The number of aryl methyl sites for hydroxylation is 2. The monoisotopic (exact) mass is 426 g/mol. The first kappa shape index (κ1) is 21.4. The molecule has 4 rings (SSSR count). The lowest BCUT2D eigenvalue weighted by molar-refractivity contribution is 0.514. The van der Waals surface area contributed by atoms with Gasteiger partial charge in [0, 0.05) is 28.9 Å². The minimum absolute atomic E-state index is 0.0596. The smallest absolute Gasteiger partial charge is 0.147 e. The van der Waals surface area contributed by atoms with E-state index in [-0.39, 0.29) is 11.6 Å². The maximum absolute atomic E-state index is 14.2. The molecule has 0 spiro atoms. The van der Waals surface area contributed by atoms with Crippen LogP contribution in [0.5, 0.6) is 0 Å². The van der Waals surface area contributed by atoms with Gasteiger partial charge in [0.25, 0.3) is 0 Å². The van der Waals surface area contributed by atoms with Crippen molar-refractivity contribution >= 4 is 22.4 Å². The van der Waals surface area contributed by atoms with Gasteiger partial charge in [0.1, 0.15) is 11.6 Å². The van der Waals surface area contributed by atoms with Crippen molar-refractivity contribution in [2.75, 3.05) is 6.54 Å². The molecule has 0 saturated heterocycles. The summed E-state index contributed by atoms with van der Waals surface area (Å²) in [4.78, 5) is 3.19. The van der Waals surface area contributed by atoms with Gasteiger partial charge in [-0.15, -0.1) is 0 Å². The Morgan fingerprint density at radius 3 is 2.44 bits per heavy atom. The van der Waals surface area contributed by atoms with E-state index in [1.807, 2.05) is 68.4 Å². The van der Waals surface area contributed by atoms with E-state index in [0.717, 1.165) is 51.0 Å². The Morgan fingerprint density at radius 2 is 1.72 bits per heavy atom. The zero-order chi connectivity index (χ0) is 22.8. The van der Waals surface area contributed by atoms with Gasteiger partial charge < -0.3 is 15.4 Å². The molecule has 0 unspecified atom stereocenters. The standard InChI is InChI=1S/C28H27FN2O/c1-17-8-13-26(29)28-27(17)25(19(3)31-28)14-15-30-18(2)21-9-11-22(12-10-21)24-7-5-6-23(16-24)20(4)32/h5-13,16,30-32H,2,4,14-15H2,1,3H3. The van der Waals surface area contributed by atoms with Crippen LogP contribution in [-0.4, -0.2) is 16.6 Å². The second kappa shape index (κ2) is 8.75. The number of rotatable bonds is 7. The van der Waals surface area contributed by atoms with Gasteiger partial charge in [0.05, 0.1) is 5.52 Å². The molecule has 0 aliphatic carbocycles. The number of halogens is 1. The molecular weight excluding hydrogens is 399 g/mol. The van der Waals surface area contributed by atoms with E-state index in [2.05, 4.69) is 23.5 Å². The molecule has 3 aromatic carbocycles. The van der Waals surface area contributed by atoms with Crippen molar-refractivity contribution in [2.45, 2.75) is 20.3 Å². The molecule has 4 aromatic rings. The number of nitrogens with one attached hydrogen (secondary N) is 2. The molecule has 4 heteroatoms. The fraction of sp³-hybridized carbons (Fsp3) is 0.143. The van der Waals surface area contributed by atoms with Gasteiger partial charge in [-0.1, -0.05) is 61.7 Å². The lowest BCUT2D eigenvalue weighted by Gasteiger charge is -2.12. The van der Waals surface area contributed by atoms with Crippen LogP contribution in [0.3, 0.4) is 0 Å². The molecule has 1 aromatic heterocycles. The maximum atomic E-state index is 14.2. The van der Waals surface area contributed by atoms with Crippen LogP contribution in [0, 0.1) is 19.7 Å². The first-order chi connectivity index (χ1) is 15.3. The summed E-state index contributed by atoms with van der Waals surface area (Å²) in [6.07, 6.45) is 0.769. The molecule has 1 heterocycles. The molecule has 0 bridgehead atoms. The number of H-pyrrole nitrogens is 1. The van der Waals surface area contributed by atoms with E-state index in [1.54, 1.807) is 0 Å². The van der Waals surface area contributed by atoms with Crippen LogP contribution in [0.2, 0.25) is 0 Å². The quantitative estimate of drug-likeness (QED) is 0.281. The molecule has 0 amide bonds. The molecule has 0 aliphatic rings. The molecular formula is C28H27FN2O. The fourth-order valence-corrected chi connectivity index (χ4v) is 4.14. The van der Waals surface area contributed by atoms with Crippen LogP contribution in [0.4, 0.5) is 4.39 Å². The predicted octanol–water partition coefficient (Wildman–Crippen LogP) is 6.92. The normalized spacial score (nSPS) is 11.0. The highest BCUT2D eigenvalue weighted by atomic mass is 19.1. The van der Waals surface area contributed by atoms with E-state index < -0.39 is 0 Å². The minimum atomic E-state index is -0.216. The lowest BCUT2D eigenvalue weighted by Crippen LogP contribution is -2.15. The Labute approximate surface area is 187 Å². The van der Waals surface area contributed by atoms with Crippen LogP contribution in [0.15, 0.2) is 73.8 Å². The minimum Gasteiger partial charge on any atom is -0.508 e. The van der Waals surface area contributed by atoms with Crippen LogP contribution >= 0.6 is 0 Å². The Morgan fingerprint density at radius 1 is 0.969 bits per heavy atom. The summed E-state index contributed by atoms with van der Waals surface area (Å²) in [6, 6.07) is 19.1. The van der Waals surface area contributed by atoms with Crippen LogP contribution in [0.1, 0.15) is 27.9 Å². The Balaban J connectivity index is 1.44. The SMILES string of the molecule is C=C(O)c1cccc(-c2ccc(C(=C)NCCc3c(C)[nH]c4c(F)ccc(C)c34)cc2)c1. The van der Waals surface area contributed by atoms with E-state index in [0.29, 0.717) is 17.6 Å². The lowest BCUT2D eigenvalue weighted by atomic mass is 10.0. The summed E-state index contributed by atoms with van der Waals surface area (Å²) in [7, 11) is 0. The predicted molar refractivity (Wildman–Crippen MR) is 132 cm³/mol. The molecule has 3 nitrogen and oxygen atoms in total. The molecule has 0 aliphatic heterocycles. The first-order valence-corrected chi connectivity index (χ1v) is 10.6. The number of aromatic nitrogens is 1. The number of aromatic amines is 1. The molecule has 0 radical (unpaired) electrons. The largest absolute Gasteiger partial charge is 0.508 e. The van der Waals surface area contributed by atoms with Crippen LogP contribution in [0.25, 0.3) is 33.5 Å². The van der Waals surface area contributed by atoms with Gasteiger partial charge in [0.15, 0.2) is 0 Å². The number of hydrogen-bond acceptors (Lipinski definition) is 2. The summed E-state index contributed by atoms with van der Waals surface area (Å²) in [5, 5.41) is 14.0. The van der Waals surface area contributed by atoms with Crippen molar-refractivity contribution in [1.29, 1.82) is 0 Å². The third kappa shape index (κ3) is 4.17. The first-order valence-electron chi connectivity index (χ1n) is 10.6. The Hall–Kier alpha value is -3.79. The average Bonchev–Trinajstić information content (AvgIpc) is 3.14.